The molecule has 0 saturated heterocycles. The molecule has 5 heteroatoms. The van der Waals surface area contributed by atoms with Crippen LogP contribution in [0.25, 0.3) is 0 Å². The van der Waals surface area contributed by atoms with Crippen molar-refractivity contribution in [1.82, 2.24) is 9.97 Å². The quantitative estimate of drug-likeness (QED) is 0.779. The van der Waals surface area contributed by atoms with Crippen LogP contribution in [0.5, 0.6) is 0 Å². The molecule has 1 atom stereocenters. The summed E-state index contributed by atoms with van der Waals surface area (Å²) in [4.78, 5) is 8.86. The number of aryl methyl sites for hydroxylation is 1. The maximum atomic E-state index is 5.23. The van der Waals surface area contributed by atoms with Crippen LogP contribution in [-0.2, 0) is 11.2 Å². The standard InChI is InChI=1S/C13H24N4O/c1-6-11-16-12(14-4)7-13(17-11)15-10(8-18-5)9(2)3/h7,9-10H,6,8H2,1-5H3,(H2,14,15,16,17). The zero-order valence-electron chi connectivity index (χ0n) is 11.9. The van der Waals surface area contributed by atoms with Crippen molar-refractivity contribution in [3.63, 3.8) is 0 Å². The summed E-state index contributed by atoms with van der Waals surface area (Å²) in [6.45, 7) is 7.04. The van der Waals surface area contributed by atoms with E-state index in [0.717, 1.165) is 23.9 Å². The number of rotatable bonds is 7. The minimum atomic E-state index is 0.249. The maximum absolute atomic E-state index is 5.23. The predicted molar refractivity (Wildman–Crippen MR) is 75.1 cm³/mol. The highest BCUT2D eigenvalue weighted by molar-refractivity contribution is 5.47. The van der Waals surface area contributed by atoms with E-state index in [1.165, 1.54) is 0 Å². The lowest BCUT2D eigenvalue weighted by atomic mass is 10.1. The summed E-state index contributed by atoms with van der Waals surface area (Å²) in [6.07, 6.45) is 0.820. The highest BCUT2D eigenvalue weighted by Gasteiger charge is 2.14. The second-order valence-corrected chi connectivity index (χ2v) is 4.61. The molecule has 0 aliphatic rings. The van der Waals surface area contributed by atoms with Crippen LogP contribution in [0.4, 0.5) is 11.6 Å². The van der Waals surface area contributed by atoms with E-state index in [2.05, 4.69) is 34.4 Å². The zero-order valence-corrected chi connectivity index (χ0v) is 11.9. The Labute approximate surface area is 109 Å². The second kappa shape index (κ2) is 7.16. The van der Waals surface area contributed by atoms with Crippen molar-refractivity contribution in [2.24, 2.45) is 5.92 Å². The number of hydrogen-bond donors (Lipinski definition) is 2. The van der Waals surface area contributed by atoms with Gasteiger partial charge in [-0.15, -0.1) is 0 Å². The van der Waals surface area contributed by atoms with Gasteiger partial charge in [-0.05, 0) is 5.92 Å². The largest absolute Gasteiger partial charge is 0.383 e. The third-order valence-electron chi connectivity index (χ3n) is 2.83. The molecule has 18 heavy (non-hydrogen) atoms. The molecule has 0 radical (unpaired) electrons. The van der Waals surface area contributed by atoms with Crippen LogP contribution in [0, 0.1) is 5.92 Å². The Hall–Kier alpha value is -1.36. The summed E-state index contributed by atoms with van der Waals surface area (Å²) < 4.78 is 5.23. The molecule has 0 aliphatic carbocycles. The smallest absolute Gasteiger partial charge is 0.132 e. The Bertz CT molecular complexity index is 346. The van der Waals surface area contributed by atoms with Gasteiger partial charge in [-0.25, -0.2) is 9.97 Å². The molecular weight excluding hydrogens is 228 g/mol. The van der Waals surface area contributed by atoms with Crippen LogP contribution in [0.3, 0.4) is 0 Å². The lowest BCUT2D eigenvalue weighted by molar-refractivity contribution is 0.171. The van der Waals surface area contributed by atoms with Crippen molar-refractivity contribution in [3.8, 4) is 0 Å². The minimum absolute atomic E-state index is 0.249. The summed E-state index contributed by atoms with van der Waals surface area (Å²) in [6, 6.07) is 2.17. The van der Waals surface area contributed by atoms with Crippen LogP contribution in [0.15, 0.2) is 6.07 Å². The fourth-order valence-electron chi connectivity index (χ4n) is 1.63. The first kappa shape index (κ1) is 14.7. The Morgan fingerprint density at radius 3 is 2.44 bits per heavy atom. The van der Waals surface area contributed by atoms with E-state index in [1.807, 2.05) is 20.0 Å². The normalized spacial score (nSPS) is 12.6. The van der Waals surface area contributed by atoms with E-state index in [0.29, 0.717) is 12.5 Å². The van der Waals surface area contributed by atoms with Gasteiger partial charge in [-0.3, -0.25) is 0 Å². The third kappa shape index (κ3) is 4.14. The van der Waals surface area contributed by atoms with E-state index in [4.69, 9.17) is 4.74 Å². The van der Waals surface area contributed by atoms with Gasteiger partial charge in [0.05, 0.1) is 12.6 Å². The molecule has 1 rings (SSSR count). The summed E-state index contributed by atoms with van der Waals surface area (Å²) in [5, 5.41) is 6.47. The number of anilines is 2. The molecule has 0 aliphatic heterocycles. The monoisotopic (exact) mass is 252 g/mol. The summed E-state index contributed by atoms with van der Waals surface area (Å²) in [5.41, 5.74) is 0. The van der Waals surface area contributed by atoms with E-state index < -0.39 is 0 Å². The van der Waals surface area contributed by atoms with Crippen molar-refractivity contribution in [2.75, 3.05) is 31.4 Å². The van der Waals surface area contributed by atoms with Gasteiger partial charge >= 0.3 is 0 Å². The van der Waals surface area contributed by atoms with Crippen molar-refractivity contribution in [1.29, 1.82) is 0 Å². The molecule has 0 fully saturated rings. The van der Waals surface area contributed by atoms with Crippen LogP contribution < -0.4 is 10.6 Å². The number of methoxy groups -OCH3 is 1. The molecule has 0 spiro atoms. The van der Waals surface area contributed by atoms with Crippen LogP contribution >= 0.6 is 0 Å². The highest BCUT2D eigenvalue weighted by Crippen LogP contribution is 2.15. The minimum Gasteiger partial charge on any atom is -0.383 e. The highest BCUT2D eigenvalue weighted by atomic mass is 16.5. The number of nitrogens with zero attached hydrogens (tertiary/aromatic N) is 2. The number of ether oxygens (including phenoxy) is 1. The molecule has 2 N–H and O–H groups in total. The Balaban J connectivity index is 2.87. The fraction of sp³-hybridized carbons (Fsp3) is 0.692. The van der Waals surface area contributed by atoms with Crippen LogP contribution in [0.2, 0.25) is 0 Å². The molecule has 0 amide bonds. The zero-order chi connectivity index (χ0) is 13.5. The number of nitrogens with one attached hydrogen (secondary N) is 2. The first-order valence-corrected chi connectivity index (χ1v) is 6.41. The van der Waals surface area contributed by atoms with Gasteiger partial charge in [0.15, 0.2) is 0 Å². The topological polar surface area (TPSA) is 59.1 Å². The van der Waals surface area contributed by atoms with Crippen LogP contribution in [0.1, 0.15) is 26.6 Å². The lowest BCUT2D eigenvalue weighted by Gasteiger charge is -2.22. The van der Waals surface area contributed by atoms with Gasteiger partial charge in [0.1, 0.15) is 17.5 Å². The molecule has 1 aromatic rings. The maximum Gasteiger partial charge on any atom is 0.132 e. The van der Waals surface area contributed by atoms with E-state index >= 15 is 0 Å². The van der Waals surface area contributed by atoms with Gasteiger partial charge in [0.25, 0.3) is 0 Å². The molecule has 0 bridgehead atoms. The summed E-state index contributed by atoms with van der Waals surface area (Å²) in [5.74, 6) is 3.00. The van der Waals surface area contributed by atoms with Crippen molar-refractivity contribution in [3.05, 3.63) is 11.9 Å². The van der Waals surface area contributed by atoms with Crippen molar-refractivity contribution >= 4 is 11.6 Å². The van der Waals surface area contributed by atoms with Gasteiger partial charge in [-0.1, -0.05) is 20.8 Å². The first-order chi connectivity index (χ1) is 8.60. The molecular formula is C13H24N4O. The third-order valence-corrected chi connectivity index (χ3v) is 2.83. The van der Waals surface area contributed by atoms with E-state index in [1.54, 1.807) is 7.11 Å². The van der Waals surface area contributed by atoms with E-state index in [9.17, 15) is 0 Å². The fourth-order valence-corrected chi connectivity index (χ4v) is 1.63. The lowest BCUT2D eigenvalue weighted by Crippen LogP contribution is -2.31. The molecule has 1 aromatic heterocycles. The number of aromatic nitrogens is 2. The molecule has 102 valence electrons. The van der Waals surface area contributed by atoms with Gasteiger partial charge in [0, 0.05) is 26.6 Å². The van der Waals surface area contributed by atoms with Crippen molar-refractivity contribution < 1.29 is 4.74 Å². The molecule has 1 heterocycles. The van der Waals surface area contributed by atoms with Gasteiger partial charge < -0.3 is 15.4 Å². The SMILES string of the molecule is CCc1nc(NC)cc(NC(COC)C(C)C)n1. The molecule has 0 aromatic carbocycles. The predicted octanol–water partition coefficient (Wildman–Crippen LogP) is 2.16. The Morgan fingerprint density at radius 1 is 1.28 bits per heavy atom. The Morgan fingerprint density at radius 2 is 1.94 bits per heavy atom. The first-order valence-electron chi connectivity index (χ1n) is 6.41. The molecule has 0 saturated carbocycles. The van der Waals surface area contributed by atoms with E-state index in [-0.39, 0.29) is 6.04 Å². The summed E-state index contributed by atoms with van der Waals surface area (Å²) in [7, 11) is 3.58. The Kier molecular flexibility index (Phi) is 5.85. The number of hydrogen-bond acceptors (Lipinski definition) is 5. The van der Waals surface area contributed by atoms with Crippen LogP contribution in [-0.4, -0.2) is 36.8 Å². The van der Waals surface area contributed by atoms with Crippen molar-refractivity contribution in [2.45, 2.75) is 33.2 Å². The van der Waals surface area contributed by atoms with Gasteiger partial charge in [-0.2, -0.15) is 0 Å². The average Bonchev–Trinajstić information content (AvgIpc) is 2.37. The van der Waals surface area contributed by atoms with Gasteiger partial charge in [0.2, 0.25) is 0 Å². The molecule has 1 unspecified atom stereocenters. The average molecular weight is 252 g/mol. The second-order valence-electron chi connectivity index (χ2n) is 4.61. The summed E-state index contributed by atoms with van der Waals surface area (Å²) >= 11 is 0. The molecule has 5 nitrogen and oxygen atoms in total.